The topological polar surface area (TPSA) is 149 Å². The molecule has 8 atom stereocenters. The van der Waals surface area contributed by atoms with Gasteiger partial charge in [0.25, 0.3) is 0 Å². The number of nitrogens with one attached hydrogen (secondary N) is 1. The number of unbranched alkanes of at least 4 members (excludes halogenated alkanes) is 11. The second-order valence-electron chi connectivity index (χ2n) is 12.3. The maximum Gasteiger partial charge on any atom is 0.207 e. The van der Waals surface area contributed by atoms with E-state index in [1.165, 1.54) is 69.5 Å². The lowest BCUT2D eigenvalue weighted by Crippen LogP contribution is -2.59. The van der Waals surface area contributed by atoms with Gasteiger partial charge in [-0.05, 0) is 29.3 Å². The van der Waals surface area contributed by atoms with Gasteiger partial charge in [0, 0.05) is 10.6 Å². The number of aliphatic hydroxyl groups is 5. The zero-order valence-electron chi connectivity index (χ0n) is 26.7. The summed E-state index contributed by atoms with van der Waals surface area (Å²) in [6, 6.07) is 13.0. The van der Waals surface area contributed by atoms with Crippen LogP contribution in [0.4, 0.5) is 0 Å². The molecule has 2 aromatic carbocycles. The summed E-state index contributed by atoms with van der Waals surface area (Å²) < 4.78 is 11.6. The first kappa shape index (κ1) is 37.7. The normalized spacial score (nSPS) is 23.9. The molecular weight excluding hydrogens is 594 g/mol. The maximum atomic E-state index is 11.3. The number of ether oxygens (including phenoxy) is 2. The van der Waals surface area contributed by atoms with Gasteiger partial charge in [-0.25, -0.2) is 0 Å². The lowest BCUT2D eigenvalue weighted by atomic mass is 9.99. The molecule has 2 aromatic rings. The third-order valence-corrected chi connectivity index (χ3v) is 9.77. The fraction of sp³-hybridized carbons (Fsp3) is 0.686. The van der Waals surface area contributed by atoms with E-state index in [-0.39, 0.29) is 6.61 Å². The van der Waals surface area contributed by atoms with Crippen molar-refractivity contribution < 1.29 is 39.8 Å². The van der Waals surface area contributed by atoms with Crippen molar-refractivity contribution in [3.8, 4) is 0 Å². The van der Waals surface area contributed by atoms with Crippen molar-refractivity contribution in [1.82, 2.24) is 5.32 Å². The van der Waals surface area contributed by atoms with Gasteiger partial charge in [0.2, 0.25) is 6.41 Å². The second kappa shape index (κ2) is 21.2. The Morgan fingerprint density at radius 2 is 1.47 bits per heavy atom. The van der Waals surface area contributed by atoms with E-state index in [4.69, 9.17) is 9.47 Å². The highest BCUT2D eigenvalue weighted by Crippen LogP contribution is 2.29. The molecular formula is C35H55NO8S. The molecule has 0 spiro atoms. The Balaban J connectivity index is 1.39. The molecule has 9 nitrogen and oxygen atoms in total. The molecule has 0 radical (unpaired) electrons. The Morgan fingerprint density at radius 1 is 0.844 bits per heavy atom. The van der Waals surface area contributed by atoms with Crippen molar-refractivity contribution in [2.24, 2.45) is 0 Å². The fourth-order valence-corrected chi connectivity index (χ4v) is 6.80. The predicted molar refractivity (Wildman–Crippen MR) is 178 cm³/mol. The molecule has 0 saturated carbocycles. The summed E-state index contributed by atoms with van der Waals surface area (Å²) in [7, 11) is 0. The Bertz CT molecular complexity index is 1090. The molecule has 6 N–H and O–H groups in total. The van der Waals surface area contributed by atoms with E-state index in [0.29, 0.717) is 18.6 Å². The number of hydrogen-bond donors (Lipinski definition) is 6. The average molecular weight is 650 g/mol. The largest absolute Gasteiger partial charge is 0.390 e. The molecule has 1 aliphatic rings. The number of carbonyl (C=O) groups excluding carboxylic acids is 1. The third-order valence-electron chi connectivity index (χ3n) is 8.69. The van der Waals surface area contributed by atoms with Crippen LogP contribution >= 0.6 is 11.8 Å². The maximum absolute atomic E-state index is 11.3. The van der Waals surface area contributed by atoms with E-state index in [1.54, 1.807) is 0 Å². The Hall–Kier alpha value is -1.76. The monoisotopic (exact) mass is 649 g/mol. The Labute approximate surface area is 272 Å². The second-order valence-corrected chi connectivity index (χ2v) is 13.4. The van der Waals surface area contributed by atoms with E-state index in [1.807, 2.05) is 42.5 Å². The van der Waals surface area contributed by atoms with Crippen molar-refractivity contribution in [3.63, 3.8) is 0 Å². The summed E-state index contributed by atoms with van der Waals surface area (Å²) in [5.41, 5.74) is 0. The van der Waals surface area contributed by atoms with Crippen LogP contribution in [0, 0.1) is 0 Å². The van der Waals surface area contributed by atoms with Gasteiger partial charge in [0.1, 0.15) is 24.4 Å². The summed E-state index contributed by atoms with van der Waals surface area (Å²) in [6.07, 6.45) is 6.31. The summed E-state index contributed by atoms with van der Waals surface area (Å²) >= 11 is 1.45. The van der Waals surface area contributed by atoms with Gasteiger partial charge in [-0.3, -0.25) is 4.79 Å². The van der Waals surface area contributed by atoms with Gasteiger partial charge in [-0.2, -0.15) is 0 Å². The van der Waals surface area contributed by atoms with Crippen LogP contribution in [0.3, 0.4) is 0 Å². The van der Waals surface area contributed by atoms with E-state index in [9.17, 15) is 30.3 Å². The number of aliphatic hydroxyl groups excluding tert-OH is 5. The summed E-state index contributed by atoms with van der Waals surface area (Å²) in [6.45, 7) is 1.96. The number of amides is 1. The van der Waals surface area contributed by atoms with Crippen LogP contribution in [0.2, 0.25) is 0 Å². The Kier molecular flexibility index (Phi) is 17.7. The minimum Gasteiger partial charge on any atom is -0.390 e. The van der Waals surface area contributed by atoms with E-state index < -0.39 is 49.0 Å². The molecule has 10 heteroatoms. The van der Waals surface area contributed by atoms with Crippen molar-refractivity contribution >= 4 is 28.9 Å². The highest BCUT2D eigenvalue weighted by Gasteiger charge is 2.44. The van der Waals surface area contributed by atoms with Gasteiger partial charge in [0.05, 0.1) is 24.9 Å². The zero-order valence-corrected chi connectivity index (χ0v) is 27.5. The predicted octanol–water partition coefficient (Wildman–Crippen LogP) is 4.68. The molecule has 0 aromatic heterocycles. The quantitative estimate of drug-likeness (QED) is 0.0573. The summed E-state index contributed by atoms with van der Waals surface area (Å²) in [5.74, 6) is 0.291. The smallest absolute Gasteiger partial charge is 0.207 e. The van der Waals surface area contributed by atoms with Gasteiger partial charge in [0.15, 0.2) is 6.29 Å². The van der Waals surface area contributed by atoms with Crippen molar-refractivity contribution in [1.29, 1.82) is 0 Å². The summed E-state index contributed by atoms with van der Waals surface area (Å²) in [5, 5.41) is 57.7. The highest BCUT2D eigenvalue weighted by molar-refractivity contribution is 7.99. The summed E-state index contributed by atoms with van der Waals surface area (Å²) in [4.78, 5) is 12.2. The van der Waals surface area contributed by atoms with Gasteiger partial charge in [-0.1, -0.05) is 114 Å². The molecule has 1 amide bonds. The lowest BCUT2D eigenvalue weighted by Gasteiger charge is -2.40. The first-order valence-corrected chi connectivity index (χ1v) is 17.8. The van der Waals surface area contributed by atoms with Gasteiger partial charge >= 0.3 is 0 Å². The third kappa shape index (κ3) is 12.8. The number of hydrogen-bond acceptors (Lipinski definition) is 9. The van der Waals surface area contributed by atoms with E-state index in [0.717, 1.165) is 34.9 Å². The molecule has 0 bridgehead atoms. The SMILES string of the molecule is CCCCCCCCCCCCCC[C@@H](O)C(O)[C@H](CO[C@H]1OC(CSc2ccc3ccccc3c2)[C@H](O)[C@H](O)C1O)NC=O. The molecule has 254 valence electrons. The number of fused-ring (bicyclic) bond motifs is 1. The van der Waals surface area contributed by atoms with Crippen molar-refractivity contribution in [3.05, 3.63) is 42.5 Å². The van der Waals surface area contributed by atoms with E-state index in [2.05, 4.69) is 12.2 Å². The van der Waals surface area contributed by atoms with Crippen LogP contribution in [0.15, 0.2) is 47.4 Å². The molecule has 1 aliphatic heterocycles. The lowest BCUT2D eigenvalue weighted by molar-refractivity contribution is -0.294. The standard InChI is InChI=1S/C35H55NO8S/c1-2-3-4-5-6-7-8-9-10-11-12-13-18-29(38)31(39)28(36-24-37)22-43-35-34(42)33(41)32(40)30(44-35)23-45-27-20-19-25-16-14-15-17-26(25)21-27/h14-17,19-21,24,28-35,38-42H,2-13,18,22-23H2,1H3,(H,36,37)/t28-,29+,30?,31?,32-,33-,34?,35-/m0/s1. The molecule has 0 aliphatic carbocycles. The molecule has 1 fully saturated rings. The Morgan fingerprint density at radius 3 is 2.11 bits per heavy atom. The number of thioether (sulfide) groups is 1. The fourth-order valence-electron chi connectivity index (χ4n) is 5.79. The first-order chi connectivity index (χ1) is 21.8. The van der Waals surface area contributed by atoms with Gasteiger partial charge < -0.3 is 40.3 Å². The van der Waals surface area contributed by atoms with Crippen LogP contribution < -0.4 is 5.32 Å². The number of rotatable bonds is 23. The first-order valence-electron chi connectivity index (χ1n) is 16.8. The number of benzene rings is 2. The van der Waals surface area contributed by atoms with Crippen LogP contribution in [0.1, 0.15) is 90.4 Å². The molecule has 1 heterocycles. The molecule has 3 unspecified atom stereocenters. The number of carbonyl (C=O) groups is 1. The van der Waals surface area contributed by atoms with Crippen LogP contribution in [0.5, 0.6) is 0 Å². The van der Waals surface area contributed by atoms with Crippen LogP contribution in [-0.2, 0) is 14.3 Å². The van der Waals surface area contributed by atoms with Gasteiger partial charge in [-0.15, -0.1) is 11.8 Å². The van der Waals surface area contributed by atoms with Crippen molar-refractivity contribution in [2.75, 3.05) is 12.4 Å². The van der Waals surface area contributed by atoms with Crippen LogP contribution in [-0.4, -0.2) is 93.3 Å². The zero-order chi connectivity index (χ0) is 32.4. The molecule has 45 heavy (non-hydrogen) atoms. The van der Waals surface area contributed by atoms with Crippen LogP contribution in [0.25, 0.3) is 10.8 Å². The highest BCUT2D eigenvalue weighted by atomic mass is 32.2. The average Bonchev–Trinajstić information content (AvgIpc) is 3.05. The minimum absolute atomic E-state index is 0.273. The molecule has 1 saturated heterocycles. The molecule has 3 rings (SSSR count). The van der Waals surface area contributed by atoms with E-state index >= 15 is 0 Å². The van der Waals surface area contributed by atoms with Crippen molar-refractivity contribution in [2.45, 2.75) is 144 Å². The minimum atomic E-state index is -1.54.